The summed E-state index contributed by atoms with van der Waals surface area (Å²) in [6.45, 7) is 3.90. The van der Waals surface area contributed by atoms with Gasteiger partial charge in [0, 0.05) is 28.8 Å². The van der Waals surface area contributed by atoms with Crippen LogP contribution in [-0.4, -0.2) is 59.5 Å². The third kappa shape index (κ3) is 5.94. The number of nitrogens with one attached hydrogen (secondary N) is 1. The van der Waals surface area contributed by atoms with Gasteiger partial charge in [-0.15, -0.1) is 0 Å². The van der Waals surface area contributed by atoms with Gasteiger partial charge in [-0.3, -0.25) is 14.1 Å². The molecule has 1 fully saturated rings. The molecule has 12 nitrogen and oxygen atoms in total. The lowest BCUT2D eigenvalue weighted by Gasteiger charge is -2.30. The van der Waals surface area contributed by atoms with Gasteiger partial charge in [-0.25, -0.2) is 18.4 Å². The number of aliphatic hydroxyl groups is 1. The van der Waals surface area contributed by atoms with Crippen molar-refractivity contribution in [1.29, 1.82) is 0 Å². The van der Waals surface area contributed by atoms with Gasteiger partial charge in [0.2, 0.25) is 11.8 Å². The molecule has 0 atom stereocenters. The molecule has 0 bridgehead atoms. The molecule has 5 rings (SSSR count). The van der Waals surface area contributed by atoms with Crippen LogP contribution in [0.2, 0.25) is 0 Å². The number of benzene rings is 1. The van der Waals surface area contributed by atoms with Gasteiger partial charge in [-0.2, -0.15) is 4.98 Å². The van der Waals surface area contributed by atoms with Gasteiger partial charge in [-0.05, 0) is 63.8 Å². The van der Waals surface area contributed by atoms with E-state index in [0.29, 0.717) is 40.7 Å². The highest BCUT2D eigenvalue weighted by Gasteiger charge is 2.27. The van der Waals surface area contributed by atoms with Gasteiger partial charge in [-0.1, -0.05) is 17.7 Å². The number of aryl methyl sites for hydroxylation is 2. The van der Waals surface area contributed by atoms with Crippen LogP contribution >= 0.6 is 0 Å². The highest BCUT2D eigenvalue weighted by molar-refractivity contribution is 7.92. The second-order valence-electron chi connectivity index (χ2n) is 10.4. The number of aromatic nitrogens is 4. The molecule has 0 unspecified atom stereocenters. The lowest BCUT2D eigenvalue weighted by molar-refractivity contribution is 0.00169. The van der Waals surface area contributed by atoms with Crippen LogP contribution in [-0.2, 0) is 14.8 Å². The average Bonchev–Trinajstić information content (AvgIpc) is 2.96. The van der Waals surface area contributed by atoms with Crippen LogP contribution in [0.5, 0.6) is 5.88 Å². The molecule has 4 N–H and O–H groups in total. The van der Waals surface area contributed by atoms with Crippen molar-refractivity contribution in [1.82, 2.24) is 19.5 Å². The number of aliphatic hydroxyl groups excluding tert-OH is 1. The monoisotopic (exact) mass is 594 g/mol. The molecular weight excluding hydrogens is 560 g/mol. The Balaban J connectivity index is 1.60. The Morgan fingerprint density at radius 2 is 1.81 bits per heavy atom. The van der Waals surface area contributed by atoms with Gasteiger partial charge in [0.05, 0.1) is 37.0 Å². The maximum absolute atomic E-state index is 14.2. The van der Waals surface area contributed by atoms with E-state index < -0.39 is 10.0 Å². The molecule has 0 radical (unpaired) electrons. The lowest BCUT2D eigenvalue weighted by Crippen LogP contribution is -2.32. The van der Waals surface area contributed by atoms with Crippen LogP contribution in [0.15, 0.2) is 52.3 Å². The summed E-state index contributed by atoms with van der Waals surface area (Å²) in [6, 6.07) is 9.51. The first-order valence-electron chi connectivity index (χ1n) is 13.7. The second kappa shape index (κ2) is 12.0. The Morgan fingerprint density at radius 1 is 1.10 bits per heavy atom. The number of pyridine rings is 2. The number of sulfonamides is 1. The average molecular weight is 595 g/mol. The van der Waals surface area contributed by atoms with Crippen molar-refractivity contribution >= 4 is 32.7 Å². The van der Waals surface area contributed by atoms with Crippen molar-refractivity contribution in [2.24, 2.45) is 0 Å². The zero-order chi connectivity index (χ0) is 30.0. The number of nitrogens with two attached hydrogens (primary N) is 1. The fraction of sp³-hybridized carbons (Fsp3) is 0.379. The SMILES string of the molecule is COc1ncc(-c2cc3c(C)nc(N)nc3n([C@H]3CC[C@H](OCCO)CC3)c2=O)cc1NS(=O)(=O)c1ccc(C)cc1. The van der Waals surface area contributed by atoms with Crippen molar-refractivity contribution in [3.8, 4) is 17.0 Å². The van der Waals surface area contributed by atoms with Gasteiger partial charge < -0.3 is 20.3 Å². The second-order valence-corrected chi connectivity index (χ2v) is 12.0. The van der Waals surface area contributed by atoms with Crippen LogP contribution in [0.25, 0.3) is 22.2 Å². The van der Waals surface area contributed by atoms with Crippen molar-refractivity contribution in [3.05, 3.63) is 64.2 Å². The number of hydrogen-bond acceptors (Lipinski definition) is 10. The molecule has 1 saturated carbocycles. The first-order chi connectivity index (χ1) is 20.1. The minimum absolute atomic E-state index is 0.00915. The summed E-state index contributed by atoms with van der Waals surface area (Å²) in [5.74, 6) is 0.129. The quantitative estimate of drug-likeness (QED) is 0.261. The molecule has 13 heteroatoms. The van der Waals surface area contributed by atoms with Crippen LogP contribution in [0.4, 0.5) is 11.6 Å². The summed E-state index contributed by atoms with van der Waals surface area (Å²) in [7, 11) is -2.58. The topological polar surface area (TPSA) is 172 Å². The van der Waals surface area contributed by atoms with Crippen LogP contribution in [0.3, 0.4) is 0 Å². The fourth-order valence-electron chi connectivity index (χ4n) is 5.36. The Hall–Kier alpha value is -4.07. The normalized spacial score (nSPS) is 17.3. The number of nitrogen functional groups attached to an aromatic ring is 1. The van der Waals surface area contributed by atoms with E-state index in [4.69, 9.17) is 20.3 Å². The molecular formula is C29H34N6O6S. The van der Waals surface area contributed by atoms with Crippen LogP contribution in [0, 0.1) is 13.8 Å². The molecule has 1 aliphatic carbocycles. The van der Waals surface area contributed by atoms with E-state index in [0.717, 1.165) is 18.4 Å². The molecule has 3 heterocycles. The Kier molecular flexibility index (Phi) is 8.43. The standard InChI is InChI=1S/C29H34N6O6S/c1-17-4-10-22(11-5-17)42(38,39)34-25-14-19(16-31-27(25)40-3)24-15-23-18(2)32-29(30)33-26(23)35(28(24)37)20-6-8-21(9-7-20)41-13-12-36/h4-5,10-11,14-16,20-21,34,36H,6-9,12-13H2,1-3H3,(H2,30,32,33)/t20-,21-. The number of fused-ring (bicyclic) bond motifs is 1. The molecule has 222 valence electrons. The van der Waals surface area contributed by atoms with Gasteiger partial charge in [0.25, 0.3) is 15.6 Å². The van der Waals surface area contributed by atoms with Gasteiger partial charge in [0.15, 0.2) is 0 Å². The molecule has 0 aliphatic heterocycles. The number of nitrogens with zero attached hydrogens (tertiary/aromatic N) is 4. The zero-order valence-electron chi connectivity index (χ0n) is 23.7. The maximum Gasteiger partial charge on any atom is 0.262 e. The Bertz CT molecular complexity index is 1770. The van der Waals surface area contributed by atoms with Crippen molar-refractivity contribution < 1.29 is 23.0 Å². The molecule has 1 aliphatic rings. The smallest absolute Gasteiger partial charge is 0.262 e. The van der Waals surface area contributed by atoms with E-state index in [9.17, 15) is 13.2 Å². The van der Waals surface area contributed by atoms with Crippen molar-refractivity contribution in [3.63, 3.8) is 0 Å². The summed E-state index contributed by atoms with van der Waals surface area (Å²) < 4.78 is 41.7. The van der Waals surface area contributed by atoms with E-state index in [2.05, 4.69) is 19.7 Å². The van der Waals surface area contributed by atoms with Crippen LogP contribution in [0.1, 0.15) is 43.0 Å². The Morgan fingerprint density at radius 3 is 2.48 bits per heavy atom. The van der Waals surface area contributed by atoms with Gasteiger partial charge in [0.1, 0.15) is 11.3 Å². The van der Waals surface area contributed by atoms with Crippen molar-refractivity contribution in [2.75, 3.05) is 30.8 Å². The first-order valence-corrected chi connectivity index (χ1v) is 15.1. The fourth-order valence-corrected chi connectivity index (χ4v) is 6.41. The third-order valence-corrected chi connectivity index (χ3v) is 8.87. The van der Waals surface area contributed by atoms with Crippen LogP contribution < -0.4 is 20.8 Å². The molecule has 1 aromatic carbocycles. The summed E-state index contributed by atoms with van der Waals surface area (Å²) in [6.07, 6.45) is 4.26. The summed E-state index contributed by atoms with van der Waals surface area (Å²) in [4.78, 5) is 27.3. The molecule has 0 saturated heterocycles. The summed E-state index contributed by atoms with van der Waals surface area (Å²) in [5.41, 5.74) is 8.46. The van der Waals surface area contributed by atoms with E-state index in [1.54, 1.807) is 29.7 Å². The maximum atomic E-state index is 14.2. The zero-order valence-corrected chi connectivity index (χ0v) is 24.5. The molecule has 0 spiro atoms. The highest BCUT2D eigenvalue weighted by Crippen LogP contribution is 2.34. The molecule has 42 heavy (non-hydrogen) atoms. The number of anilines is 2. The Labute approximate surface area is 243 Å². The largest absolute Gasteiger partial charge is 0.480 e. The number of rotatable bonds is 9. The summed E-state index contributed by atoms with van der Waals surface area (Å²) in [5, 5.41) is 9.76. The third-order valence-electron chi connectivity index (χ3n) is 7.48. The highest BCUT2D eigenvalue weighted by atomic mass is 32.2. The predicted octanol–water partition coefficient (Wildman–Crippen LogP) is 3.35. The molecule has 4 aromatic rings. The number of hydrogen-bond donors (Lipinski definition) is 3. The van der Waals surface area contributed by atoms with Gasteiger partial charge >= 0.3 is 0 Å². The summed E-state index contributed by atoms with van der Waals surface area (Å²) >= 11 is 0. The number of ether oxygens (including phenoxy) is 2. The molecule has 3 aromatic heterocycles. The lowest BCUT2D eigenvalue weighted by atomic mass is 9.92. The van der Waals surface area contributed by atoms with E-state index in [-0.39, 0.29) is 53.3 Å². The predicted molar refractivity (Wildman–Crippen MR) is 159 cm³/mol. The first kappa shape index (κ1) is 29.4. The van der Waals surface area contributed by atoms with Crippen molar-refractivity contribution in [2.45, 2.75) is 56.6 Å². The number of methoxy groups -OCH3 is 1. The molecule has 0 amide bonds. The minimum atomic E-state index is -3.97. The minimum Gasteiger partial charge on any atom is -0.480 e. The van der Waals surface area contributed by atoms with E-state index in [1.807, 2.05) is 6.92 Å². The van der Waals surface area contributed by atoms with E-state index >= 15 is 0 Å². The van der Waals surface area contributed by atoms with E-state index in [1.165, 1.54) is 31.5 Å².